The highest BCUT2D eigenvalue weighted by atomic mass is 32.2. The van der Waals surface area contributed by atoms with Crippen LogP contribution in [-0.2, 0) is 16.6 Å². The van der Waals surface area contributed by atoms with Crippen molar-refractivity contribution in [1.29, 1.82) is 0 Å². The summed E-state index contributed by atoms with van der Waals surface area (Å²) in [6, 6.07) is 14.1. The van der Waals surface area contributed by atoms with Crippen molar-refractivity contribution < 1.29 is 13.2 Å². The Hall–Kier alpha value is -2.97. The Morgan fingerprint density at radius 1 is 1.11 bits per heavy atom. The third-order valence-corrected chi connectivity index (χ3v) is 5.66. The number of aryl methyl sites for hydroxylation is 1. The Labute approximate surface area is 157 Å². The van der Waals surface area contributed by atoms with E-state index in [9.17, 15) is 13.2 Å². The van der Waals surface area contributed by atoms with Gasteiger partial charge in [-0.2, -0.15) is 5.10 Å². The van der Waals surface area contributed by atoms with Gasteiger partial charge in [-0.25, -0.2) is 13.1 Å². The predicted molar refractivity (Wildman–Crippen MR) is 103 cm³/mol. The van der Waals surface area contributed by atoms with E-state index in [1.807, 2.05) is 30.3 Å². The number of nitrogens with one attached hydrogen (secondary N) is 3. The van der Waals surface area contributed by atoms with Crippen LogP contribution in [0, 0.1) is 6.92 Å². The van der Waals surface area contributed by atoms with Gasteiger partial charge in [0, 0.05) is 18.3 Å². The van der Waals surface area contributed by atoms with Crippen LogP contribution in [0.1, 0.15) is 21.5 Å². The molecule has 27 heavy (non-hydrogen) atoms. The molecule has 3 N–H and O–H groups in total. The third kappa shape index (κ3) is 4.24. The molecule has 0 unspecified atom stereocenters. The number of hydrogen-bond donors (Lipinski definition) is 3. The molecule has 0 bridgehead atoms. The quantitative estimate of drug-likeness (QED) is 0.606. The fraction of sp³-hybridized carbons (Fsp3) is 0.158. The molecule has 0 saturated carbocycles. The van der Waals surface area contributed by atoms with Crippen LogP contribution in [-0.4, -0.2) is 31.6 Å². The van der Waals surface area contributed by atoms with E-state index in [0.717, 1.165) is 16.8 Å². The minimum absolute atomic E-state index is 0.0599. The van der Waals surface area contributed by atoms with E-state index in [0.29, 0.717) is 17.7 Å². The molecule has 8 heteroatoms. The van der Waals surface area contributed by atoms with Crippen LogP contribution in [0.15, 0.2) is 59.6 Å². The lowest BCUT2D eigenvalue weighted by atomic mass is 10.1. The number of sulfonamides is 1. The van der Waals surface area contributed by atoms with Gasteiger partial charge in [0.2, 0.25) is 10.0 Å². The Bertz CT molecular complexity index is 1040. The Balaban J connectivity index is 1.72. The van der Waals surface area contributed by atoms with E-state index in [1.165, 1.54) is 19.2 Å². The van der Waals surface area contributed by atoms with Gasteiger partial charge in [0.1, 0.15) is 0 Å². The van der Waals surface area contributed by atoms with E-state index in [2.05, 4.69) is 20.2 Å². The second-order valence-electron chi connectivity index (χ2n) is 6.03. The molecule has 0 aliphatic carbocycles. The smallest absolute Gasteiger partial charge is 0.251 e. The first-order valence-corrected chi connectivity index (χ1v) is 9.80. The standard InChI is InChI=1S/C19H20N4O3S/c1-13-3-8-16(27(25,26)20-2)11-17(13)19(24)21-12-14-4-6-15(7-5-14)18-9-10-22-23-18/h3-11,20H,12H2,1-2H3,(H,21,24)(H,22,23). The summed E-state index contributed by atoms with van der Waals surface area (Å²) < 4.78 is 26.1. The van der Waals surface area contributed by atoms with Gasteiger partial charge in [0.25, 0.3) is 5.91 Å². The zero-order valence-electron chi connectivity index (χ0n) is 15.0. The first kappa shape index (κ1) is 18.8. The van der Waals surface area contributed by atoms with Gasteiger partial charge < -0.3 is 5.32 Å². The molecule has 0 atom stereocenters. The maximum atomic E-state index is 12.5. The summed E-state index contributed by atoms with van der Waals surface area (Å²) in [5.41, 5.74) is 3.90. The number of aromatic nitrogens is 2. The summed E-state index contributed by atoms with van der Waals surface area (Å²) in [5.74, 6) is -0.321. The first-order valence-electron chi connectivity index (χ1n) is 8.32. The highest BCUT2D eigenvalue weighted by molar-refractivity contribution is 7.89. The zero-order chi connectivity index (χ0) is 19.4. The fourth-order valence-corrected chi connectivity index (χ4v) is 3.38. The molecule has 0 saturated heterocycles. The zero-order valence-corrected chi connectivity index (χ0v) is 15.8. The van der Waals surface area contributed by atoms with Crippen LogP contribution in [0.2, 0.25) is 0 Å². The molecular formula is C19H20N4O3S. The molecule has 140 valence electrons. The van der Waals surface area contributed by atoms with Crippen molar-refractivity contribution in [2.45, 2.75) is 18.4 Å². The minimum atomic E-state index is -3.60. The fourth-order valence-electron chi connectivity index (χ4n) is 2.63. The molecule has 0 radical (unpaired) electrons. The molecule has 3 aromatic rings. The van der Waals surface area contributed by atoms with Crippen LogP contribution in [0.25, 0.3) is 11.3 Å². The minimum Gasteiger partial charge on any atom is -0.348 e. The summed E-state index contributed by atoms with van der Waals surface area (Å²) in [6.45, 7) is 2.11. The van der Waals surface area contributed by atoms with Gasteiger partial charge in [-0.1, -0.05) is 30.3 Å². The van der Waals surface area contributed by atoms with Crippen molar-refractivity contribution >= 4 is 15.9 Å². The lowest BCUT2D eigenvalue weighted by Gasteiger charge is -2.10. The SMILES string of the molecule is CNS(=O)(=O)c1ccc(C)c(C(=O)NCc2ccc(-c3ccn[nH]3)cc2)c1. The molecule has 1 aromatic heterocycles. The van der Waals surface area contributed by atoms with Gasteiger partial charge >= 0.3 is 0 Å². The second kappa shape index (κ2) is 7.73. The number of nitrogens with zero attached hydrogens (tertiary/aromatic N) is 1. The normalized spacial score (nSPS) is 11.3. The Morgan fingerprint density at radius 3 is 2.48 bits per heavy atom. The molecule has 1 amide bonds. The van der Waals surface area contributed by atoms with Crippen LogP contribution in [0.4, 0.5) is 0 Å². The lowest BCUT2D eigenvalue weighted by Crippen LogP contribution is -2.25. The molecule has 0 aliphatic rings. The number of benzene rings is 2. The molecule has 7 nitrogen and oxygen atoms in total. The number of carbonyl (C=O) groups excluding carboxylic acids is 1. The van der Waals surface area contributed by atoms with E-state index < -0.39 is 10.0 Å². The largest absolute Gasteiger partial charge is 0.348 e. The monoisotopic (exact) mass is 384 g/mol. The van der Waals surface area contributed by atoms with E-state index in [1.54, 1.807) is 19.2 Å². The number of carbonyl (C=O) groups is 1. The Morgan fingerprint density at radius 2 is 1.85 bits per heavy atom. The van der Waals surface area contributed by atoms with Gasteiger partial charge in [-0.3, -0.25) is 9.89 Å². The van der Waals surface area contributed by atoms with Crippen molar-refractivity contribution in [2.75, 3.05) is 7.05 Å². The van der Waals surface area contributed by atoms with E-state index in [-0.39, 0.29) is 10.8 Å². The second-order valence-corrected chi connectivity index (χ2v) is 7.92. The molecular weight excluding hydrogens is 364 g/mol. The highest BCUT2D eigenvalue weighted by Gasteiger charge is 2.16. The van der Waals surface area contributed by atoms with E-state index >= 15 is 0 Å². The van der Waals surface area contributed by atoms with Crippen molar-refractivity contribution in [3.63, 3.8) is 0 Å². The molecule has 0 aliphatic heterocycles. The highest BCUT2D eigenvalue weighted by Crippen LogP contribution is 2.18. The Kier molecular flexibility index (Phi) is 5.38. The first-order chi connectivity index (χ1) is 12.9. The molecule has 0 fully saturated rings. The van der Waals surface area contributed by atoms with Crippen LogP contribution >= 0.6 is 0 Å². The molecule has 0 spiro atoms. The van der Waals surface area contributed by atoms with Crippen molar-refractivity contribution in [2.24, 2.45) is 0 Å². The molecule has 1 heterocycles. The predicted octanol–water partition coefficient (Wildman–Crippen LogP) is 2.22. The van der Waals surface area contributed by atoms with Crippen LogP contribution < -0.4 is 10.0 Å². The molecule has 2 aromatic carbocycles. The number of amides is 1. The van der Waals surface area contributed by atoms with Gasteiger partial charge in [-0.15, -0.1) is 0 Å². The molecule has 3 rings (SSSR count). The average molecular weight is 384 g/mol. The van der Waals surface area contributed by atoms with Crippen molar-refractivity contribution in [3.05, 3.63) is 71.4 Å². The number of hydrogen-bond acceptors (Lipinski definition) is 4. The number of aromatic amines is 1. The van der Waals surface area contributed by atoms with Crippen LogP contribution in [0.5, 0.6) is 0 Å². The van der Waals surface area contributed by atoms with Crippen molar-refractivity contribution in [1.82, 2.24) is 20.2 Å². The van der Waals surface area contributed by atoms with Gasteiger partial charge in [0.05, 0.1) is 10.6 Å². The summed E-state index contributed by atoms with van der Waals surface area (Å²) in [4.78, 5) is 12.6. The van der Waals surface area contributed by atoms with Crippen molar-refractivity contribution in [3.8, 4) is 11.3 Å². The van der Waals surface area contributed by atoms with Gasteiger partial charge in [0.15, 0.2) is 0 Å². The summed E-state index contributed by atoms with van der Waals surface area (Å²) in [6.07, 6.45) is 1.69. The maximum Gasteiger partial charge on any atom is 0.251 e. The third-order valence-electron chi connectivity index (χ3n) is 4.25. The topological polar surface area (TPSA) is 104 Å². The summed E-state index contributed by atoms with van der Waals surface area (Å²) in [7, 11) is -2.27. The summed E-state index contributed by atoms with van der Waals surface area (Å²) >= 11 is 0. The lowest BCUT2D eigenvalue weighted by molar-refractivity contribution is 0.0950. The van der Waals surface area contributed by atoms with Gasteiger partial charge in [-0.05, 0) is 48.9 Å². The average Bonchev–Trinajstić information content (AvgIpc) is 3.21. The summed E-state index contributed by atoms with van der Waals surface area (Å²) in [5, 5.41) is 9.66. The number of rotatable bonds is 6. The van der Waals surface area contributed by atoms with E-state index in [4.69, 9.17) is 0 Å². The maximum absolute atomic E-state index is 12.5. The number of H-pyrrole nitrogens is 1. The van der Waals surface area contributed by atoms with Crippen LogP contribution in [0.3, 0.4) is 0 Å².